The molecule has 0 saturated heterocycles. The number of rotatable bonds is 9. The molecule has 2 rings (SSSR count). The number of aliphatic imine (C=N–C) groups is 1. The Balaban J connectivity index is 2.46. The van der Waals surface area contributed by atoms with Crippen molar-refractivity contribution >= 4 is 18.2 Å². The van der Waals surface area contributed by atoms with E-state index in [2.05, 4.69) is 4.99 Å². The van der Waals surface area contributed by atoms with E-state index in [0.29, 0.717) is 12.2 Å². The highest BCUT2D eigenvalue weighted by Crippen LogP contribution is 2.33. The van der Waals surface area contributed by atoms with Crippen LogP contribution in [0.2, 0.25) is 0 Å². The van der Waals surface area contributed by atoms with Crippen LogP contribution in [0, 0.1) is 0 Å². The first-order valence-electron chi connectivity index (χ1n) is 9.11. The van der Waals surface area contributed by atoms with Crippen LogP contribution in [-0.2, 0) is 24.6 Å². The molecule has 0 heterocycles. The Bertz CT molecular complexity index is 758. The van der Waals surface area contributed by atoms with Gasteiger partial charge in [0.1, 0.15) is 0 Å². The number of esters is 2. The maximum Gasteiger partial charge on any atom is 0.338 e. The number of hydrogen-bond acceptors (Lipinski definition) is 5. The van der Waals surface area contributed by atoms with Crippen LogP contribution in [0.25, 0.3) is 0 Å². The maximum absolute atomic E-state index is 13.0. The molecule has 0 aromatic heterocycles. The molecule has 142 valence electrons. The van der Waals surface area contributed by atoms with Crippen LogP contribution in [0.4, 0.5) is 0 Å². The van der Waals surface area contributed by atoms with Gasteiger partial charge in [-0.3, -0.25) is 9.79 Å². The summed E-state index contributed by atoms with van der Waals surface area (Å²) in [5.41, 5.74) is 0.234. The molecule has 0 spiro atoms. The molecule has 0 aliphatic rings. The SMILES string of the molecule is CCOC(=O)CCC(N=Cc1ccccc1)(C(=O)OCC)c1ccccc1. The van der Waals surface area contributed by atoms with E-state index in [-0.39, 0.29) is 25.4 Å². The molecule has 0 fully saturated rings. The van der Waals surface area contributed by atoms with Crippen molar-refractivity contribution in [2.24, 2.45) is 4.99 Å². The molecular weight excluding hydrogens is 342 g/mol. The van der Waals surface area contributed by atoms with Crippen molar-refractivity contribution in [2.45, 2.75) is 32.2 Å². The number of carbonyl (C=O) groups is 2. The average Bonchev–Trinajstić information content (AvgIpc) is 2.70. The number of nitrogens with zero attached hydrogens (tertiary/aromatic N) is 1. The minimum absolute atomic E-state index is 0.0632. The third-order valence-corrected chi connectivity index (χ3v) is 4.09. The zero-order chi connectivity index (χ0) is 19.5. The van der Waals surface area contributed by atoms with Gasteiger partial charge in [0.05, 0.1) is 13.2 Å². The highest BCUT2D eigenvalue weighted by molar-refractivity contribution is 5.88. The van der Waals surface area contributed by atoms with Gasteiger partial charge in [0, 0.05) is 12.6 Å². The summed E-state index contributed by atoms with van der Waals surface area (Å²) in [7, 11) is 0. The third kappa shape index (κ3) is 5.51. The lowest BCUT2D eigenvalue weighted by atomic mass is 9.85. The predicted molar refractivity (Wildman–Crippen MR) is 105 cm³/mol. The topological polar surface area (TPSA) is 65.0 Å². The van der Waals surface area contributed by atoms with Crippen molar-refractivity contribution in [1.29, 1.82) is 0 Å². The second-order valence-electron chi connectivity index (χ2n) is 5.92. The monoisotopic (exact) mass is 367 g/mol. The molecule has 2 aromatic rings. The lowest BCUT2D eigenvalue weighted by Crippen LogP contribution is -2.37. The molecule has 0 radical (unpaired) electrons. The van der Waals surface area contributed by atoms with Gasteiger partial charge in [-0.05, 0) is 31.4 Å². The fourth-order valence-electron chi connectivity index (χ4n) is 2.76. The van der Waals surface area contributed by atoms with E-state index in [1.165, 1.54) is 0 Å². The summed E-state index contributed by atoms with van der Waals surface area (Å²) in [4.78, 5) is 29.6. The van der Waals surface area contributed by atoms with Crippen LogP contribution < -0.4 is 0 Å². The molecule has 1 unspecified atom stereocenters. The summed E-state index contributed by atoms with van der Waals surface area (Å²) in [6, 6.07) is 18.7. The van der Waals surface area contributed by atoms with Crippen LogP contribution >= 0.6 is 0 Å². The van der Waals surface area contributed by atoms with Crippen LogP contribution in [0.1, 0.15) is 37.8 Å². The molecule has 0 N–H and O–H groups in total. The molecule has 5 nitrogen and oxygen atoms in total. The second-order valence-corrected chi connectivity index (χ2v) is 5.92. The van der Waals surface area contributed by atoms with E-state index in [4.69, 9.17) is 9.47 Å². The fourth-order valence-corrected chi connectivity index (χ4v) is 2.76. The molecule has 0 amide bonds. The Morgan fingerprint density at radius 2 is 1.52 bits per heavy atom. The first-order valence-corrected chi connectivity index (χ1v) is 9.11. The predicted octanol–water partition coefficient (Wildman–Crippen LogP) is 3.91. The highest BCUT2D eigenvalue weighted by atomic mass is 16.5. The zero-order valence-electron chi connectivity index (χ0n) is 15.8. The standard InChI is InChI=1S/C22H25NO4/c1-3-26-20(24)15-16-22(21(25)27-4-2,19-13-9-6-10-14-19)23-17-18-11-7-5-8-12-18/h5-14,17H,3-4,15-16H2,1-2H3. The van der Waals surface area contributed by atoms with Gasteiger partial charge < -0.3 is 9.47 Å². The van der Waals surface area contributed by atoms with Gasteiger partial charge in [-0.25, -0.2) is 4.79 Å². The van der Waals surface area contributed by atoms with Crippen LogP contribution in [-0.4, -0.2) is 31.4 Å². The van der Waals surface area contributed by atoms with Gasteiger partial charge in [-0.1, -0.05) is 60.7 Å². The van der Waals surface area contributed by atoms with Crippen molar-refractivity contribution in [3.05, 3.63) is 71.8 Å². The third-order valence-electron chi connectivity index (χ3n) is 4.09. The van der Waals surface area contributed by atoms with Crippen molar-refractivity contribution in [2.75, 3.05) is 13.2 Å². The van der Waals surface area contributed by atoms with Gasteiger partial charge in [0.25, 0.3) is 0 Å². The maximum atomic E-state index is 13.0. The number of ether oxygens (including phenoxy) is 2. The fraction of sp³-hybridized carbons (Fsp3) is 0.318. The van der Waals surface area contributed by atoms with Gasteiger partial charge in [-0.2, -0.15) is 0 Å². The molecule has 2 aromatic carbocycles. The summed E-state index contributed by atoms with van der Waals surface area (Å²) in [6.45, 7) is 4.03. The van der Waals surface area contributed by atoms with Crippen LogP contribution in [0.3, 0.4) is 0 Å². The van der Waals surface area contributed by atoms with Gasteiger partial charge in [0.15, 0.2) is 5.54 Å². The van der Waals surface area contributed by atoms with Crippen LogP contribution in [0.15, 0.2) is 65.7 Å². The van der Waals surface area contributed by atoms with E-state index < -0.39 is 11.5 Å². The van der Waals surface area contributed by atoms with E-state index in [9.17, 15) is 9.59 Å². The zero-order valence-corrected chi connectivity index (χ0v) is 15.8. The summed E-state index contributed by atoms with van der Waals surface area (Å²) in [5, 5.41) is 0. The molecule has 0 aliphatic carbocycles. The summed E-state index contributed by atoms with van der Waals surface area (Å²) in [6.07, 6.45) is 1.88. The van der Waals surface area contributed by atoms with Crippen molar-refractivity contribution in [1.82, 2.24) is 0 Å². The lowest BCUT2D eigenvalue weighted by molar-refractivity contribution is -0.151. The van der Waals surface area contributed by atoms with E-state index in [1.807, 2.05) is 60.7 Å². The van der Waals surface area contributed by atoms with Crippen molar-refractivity contribution in [3.8, 4) is 0 Å². The molecular formula is C22H25NO4. The Kier molecular flexibility index (Phi) is 7.74. The number of carbonyl (C=O) groups excluding carboxylic acids is 2. The Hall–Kier alpha value is -2.95. The first kappa shape index (κ1) is 20.4. The molecule has 0 saturated carbocycles. The summed E-state index contributed by atoms with van der Waals surface area (Å²) < 4.78 is 10.4. The summed E-state index contributed by atoms with van der Waals surface area (Å²) in [5.74, 6) is -0.843. The highest BCUT2D eigenvalue weighted by Gasteiger charge is 2.41. The molecule has 5 heteroatoms. The number of benzene rings is 2. The van der Waals surface area contributed by atoms with E-state index in [1.54, 1.807) is 20.1 Å². The first-order chi connectivity index (χ1) is 13.1. The van der Waals surface area contributed by atoms with Crippen molar-refractivity contribution < 1.29 is 19.1 Å². The smallest absolute Gasteiger partial charge is 0.338 e. The molecule has 0 bridgehead atoms. The second kappa shape index (κ2) is 10.3. The van der Waals surface area contributed by atoms with Gasteiger partial charge in [0.2, 0.25) is 0 Å². The Morgan fingerprint density at radius 1 is 0.926 bits per heavy atom. The molecule has 27 heavy (non-hydrogen) atoms. The van der Waals surface area contributed by atoms with Gasteiger partial charge in [-0.15, -0.1) is 0 Å². The normalized spacial score (nSPS) is 13.1. The van der Waals surface area contributed by atoms with Crippen LogP contribution in [0.5, 0.6) is 0 Å². The van der Waals surface area contributed by atoms with Gasteiger partial charge >= 0.3 is 11.9 Å². The average molecular weight is 367 g/mol. The molecule has 1 atom stereocenters. The van der Waals surface area contributed by atoms with E-state index in [0.717, 1.165) is 5.56 Å². The Morgan fingerprint density at radius 3 is 2.11 bits per heavy atom. The molecule has 0 aliphatic heterocycles. The minimum Gasteiger partial charge on any atom is -0.466 e. The lowest BCUT2D eigenvalue weighted by Gasteiger charge is -2.28. The van der Waals surface area contributed by atoms with E-state index >= 15 is 0 Å². The summed E-state index contributed by atoms with van der Waals surface area (Å²) >= 11 is 0. The number of hydrogen-bond donors (Lipinski definition) is 0. The largest absolute Gasteiger partial charge is 0.466 e. The Labute approximate surface area is 160 Å². The quantitative estimate of drug-likeness (QED) is 0.498. The van der Waals surface area contributed by atoms with Crippen molar-refractivity contribution in [3.63, 3.8) is 0 Å². The minimum atomic E-state index is -1.31.